The third kappa shape index (κ3) is 6.90. The van der Waals surface area contributed by atoms with Gasteiger partial charge in [-0.15, -0.1) is 0 Å². The van der Waals surface area contributed by atoms with Crippen molar-refractivity contribution < 1.29 is 28.5 Å². The Kier molecular flexibility index (Phi) is 10.6. The molecule has 0 N–H and O–H groups in total. The number of carbonyl (C=O) groups excluding carboxylic acids is 1. The zero-order valence-corrected chi connectivity index (χ0v) is 28.4. The predicted molar refractivity (Wildman–Crippen MR) is 179 cm³/mol. The number of aromatic nitrogens is 1. The molecule has 240 valence electrons. The van der Waals surface area contributed by atoms with Crippen molar-refractivity contribution in [2.45, 2.75) is 26.5 Å². The predicted octanol–water partition coefficient (Wildman–Crippen LogP) is 6.36. The van der Waals surface area contributed by atoms with Crippen LogP contribution >= 0.6 is 46.1 Å². The van der Waals surface area contributed by atoms with Gasteiger partial charge in [0.15, 0.2) is 27.8 Å². The first-order valence-electron chi connectivity index (χ1n) is 14.1. The van der Waals surface area contributed by atoms with Gasteiger partial charge in [0, 0.05) is 6.20 Å². The molecule has 0 aliphatic carbocycles. The summed E-state index contributed by atoms with van der Waals surface area (Å²) in [7, 11) is 2.78. The molecular weight excluding hydrogens is 675 g/mol. The van der Waals surface area contributed by atoms with Crippen LogP contribution < -0.4 is 33.8 Å². The van der Waals surface area contributed by atoms with Gasteiger partial charge in [-0.2, -0.15) is 0 Å². The van der Waals surface area contributed by atoms with E-state index in [4.69, 9.17) is 58.5 Å². The van der Waals surface area contributed by atoms with Gasteiger partial charge in [0.2, 0.25) is 0 Å². The Morgan fingerprint density at radius 1 is 0.913 bits per heavy atom. The van der Waals surface area contributed by atoms with Gasteiger partial charge >= 0.3 is 5.97 Å². The molecule has 1 aliphatic heterocycles. The Bertz CT molecular complexity index is 2010. The van der Waals surface area contributed by atoms with E-state index < -0.39 is 12.0 Å². The highest BCUT2D eigenvalue weighted by Gasteiger charge is 2.31. The standard InChI is InChI=1S/C33H29Cl3N2O7S/c1-5-43-25-10-8-20(15-26(25)44-6-2)29-21(32(40)42-4)16-37-33-38(29)31(39)28(46-33)14-19-12-24(36)30(27(13-19)41-3)45-17-18-7-9-22(34)23(35)11-18/h7-16,29H,5-6,17H2,1-4H3/b28-14-/t29-/m0/s1. The molecule has 13 heteroatoms. The second-order valence-corrected chi connectivity index (χ2v) is 12.1. The molecular formula is C33H29Cl3N2O7S. The van der Waals surface area contributed by atoms with Crippen molar-refractivity contribution >= 4 is 58.2 Å². The molecule has 0 unspecified atom stereocenters. The Morgan fingerprint density at radius 3 is 2.37 bits per heavy atom. The number of fused-ring (bicyclic) bond motifs is 1. The van der Waals surface area contributed by atoms with E-state index in [2.05, 4.69) is 4.99 Å². The minimum atomic E-state index is -0.823. The molecule has 1 aromatic heterocycles. The highest BCUT2D eigenvalue weighted by molar-refractivity contribution is 7.07. The van der Waals surface area contributed by atoms with E-state index >= 15 is 0 Å². The first kappa shape index (κ1) is 33.4. The number of carbonyl (C=O) groups is 1. The first-order valence-corrected chi connectivity index (χ1v) is 16.1. The number of esters is 1. The van der Waals surface area contributed by atoms with Crippen LogP contribution in [-0.2, 0) is 16.1 Å². The molecule has 0 saturated carbocycles. The van der Waals surface area contributed by atoms with Crippen molar-refractivity contribution in [3.63, 3.8) is 0 Å². The molecule has 4 aromatic rings. The van der Waals surface area contributed by atoms with Crippen LogP contribution in [0, 0.1) is 0 Å². The molecule has 2 heterocycles. The number of thiazole rings is 1. The summed E-state index contributed by atoms with van der Waals surface area (Å²) in [6, 6.07) is 13.1. The number of ether oxygens (including phenoxy) is 5. The second kappa shape index (κ2) is 14.6. The molecule has 0 fully saturated rings. The molecule has 0 bridgehead atoms. The van der Waals surface area contributed by atoms with Crippen LogP contribution in [0.2, 0.25) is 15.1 Å². The summed E-state index contributed by atoms with van der Waals surface area (Å²) in [5, 5.41) is 1.14. The maximum atomic E-state index is 14.0. The zero-order chi connectivity index (χ0) is 33.0. The Morgan fingerprint density at radius 2 is 1.67 bits per heavy atom. The number of nitrogens with zero attached hydrogens (tertiary/aromatic N) is 2. The lowest BCUT2D eigenvalue weighted by molar-refractivity contribution is -0.136. The molecule has 46 heavy (non-hydrogen) atoms. The maximum absolute atomic E-state index is 14.0. The number of hydrogen-bond acceptors (Lipinski definition) is 9. The fourth-order valence-electron chi connectivity index (χ4n) is 4.89. The van der Waals surface area contributed by atoms with Gasteiger partial charge < -0.3 is 23.7 Å². The summed E-state index contributed by atoms with van der Waals surface area (Å²) in [5.74, 6) is 1.14. The van der Waals surface area contributed by atoms with E-state index in [1.54, 1.807) is 54.6 Å². The van der Waals surface area contributed by atoms with Crippen LogP contribution in [0.3, 0.4) is 0 Å². The minimum Gasteiger partial charge on any atom is -0.493 e. The summed E-state index contributed by atoms with van der Waals surface area (Å²) < 4.78 is 30.0. The molecule has 0 radical (unpaired) electrons. The SMILES string of the molecule is CCOc1ccc([C@H]2C(C(=O)OC)=CN=c3s/c(=C\c4cc(Cl)c(OCc5ccc(Cl)c(Cl)c5)c(OC)c4)c(=O)n32)cc1OCC. The Hall–Kier alpha value is -3.96. The molecule has 3 aromatic carbocycles. The lowest BCUT2D eigenvalue weighted by Gasteiger charge is -2.23. The van der Waals surface area contributed by atoms with Gasteiger partial charge in [0.25, 0.3) is 5.56 Å². The minimum absolute atomic E-state index is 0.171. The van der Waals surface area contributed by atoms with Gasteiger partial charge in [-0.1, -0.05) is 58.3 Å². The number of rotatable bonds is 11. The van der Waals surface area contributed by atoms with E-state index in [0.717, 1.165) is 5.56 Å². The van der Waals surface area contributed by atoms with E-state index in [0.29, 0.717) is 66.7 Å². The zero-order valence-electron chi connectivity index (χ0n) is 25.3. The van der Waals surface area contributed by atoms with Crippen LogP contribution in [0.25, 0.3) is 6.08 Å². The van der Waals surface area contributed by atoms with Crippen LogP contribution in [0.15, 0.2) is 70.1 Å². The lowest BCUT2D eigenvalue weighted by Crippen LogP contribution is -2.39. The average Bonchev–Trinajstić information content (AvgIpc) is 3.36. The van der Waals surface area contributed by atoms with Gasteiger partial charge in [-0.05, 0) is 73.0 Å². The smallest absolute Gasteiger partial charge is 0.337 e. The largest absolute Gasteiger partial charge is 0.493 e. The van der Waals surface area contributed by atoms with E-state index in [1.807, 2.05) is 13.8 Å². The Balaban J connectivity index is 1.55. The van der Waals surface area contributed by atoms with Crippen molar-refractivity contribution in [3.8, 4) is 23.0 Å². The summed E-state index contributed by atoms with van der Waals surface area (Å²) in [6.45, 7) is 4.75. The van der Waals surface area contributed by atoms with Crippen molar-refractivity contribution in [3.05, 3.63) is 112 Å². The quantitative estimate of drug-likeness (QED) is 0.168. The molecule has 9 nitrogen and oxygen atoms in total. The second-order valence-electron chi connectivity index (χ2n) is 9.82. The monoisotopic (exact) mass is 702 g/mol. The lowest BCUT2D eigenvalue weighted by atomic mass is 9.97. The van der Waals surface area contributed by atoms with Gasteiger partial charge in [0.05, 0.1) is 58.6 Å². The topological polar surface area (TPSA) is 97.6 Å². The number of methoxy groups -OCH3 is 2. The first-order chi connectivity index (χ1) is 22.2. The molecule has 1 atom stereocenters. The van der Waals surface area contributed by atoms with Crippen LogP contribution in [0.4, 0.5) is 0 Å². The number of benzene rings is 3. The van der Waals surface area contributed by atoms with Crippen LogP contribution in [0.5, 0.6) is 23.0 Å². The summed E-state index contributed by atoms with van der Waals surface area (Å²) in [6.07, 6.45) is 3.12. The van der Waals surface area contributed by atoms with Gasteiger partial charge in [-0.3, -0.25) is 9.36 Å². The summed E-state index contributed by atoms with van der Waals surface area (Å²) >= 11 is 20.0. The third-order valence-electron chi connectivity index (χ3n) is 6.92. The normalized spacial score (nSPS) is 14.2. The Labute approximate surface area is 283 Å². The van der Waals surface area contributed by atoms with E-state index in [-0.39, 0.29) is 22.8 Å². The number of hydrogen-bond donors (Lipinski definition) is 0. The highest BCUT2D eigenvalue weighted by Crippen LogP contribution is 2.38. The molecule has 1 aliphatic rings. The van der Waals surface area contributed by atoms with E-state index in [9.17, 15) is 9.59 Å². The molecule has 0 amide bonds. The van der Waals surface area contributed by atoms with Gasteiger partial charge in [0.1, 0.15) is 6.61 Å². The molecule has 0 spiro atoms. The number of halogens is 3. The van der Waals surface area contributed by atoms with Crippen molar-refractivity contribution in [1.82, 2.24) is 4.57 Å². The van der Waals surface area contributed by atoms with Crippen molar-refractivity contribution in [2.24, 2.45) is 4.99 Å². The highest BCUT2D eigenvalue weighted by atomic mass is 35.5. The van der Waals surface area contributed by atoms with Crippen molar-refractivity contribution in [2.75, 3.05) is 27.4 Å². The molecule has 0 saturated heterocycles. The third-order valence-corrected chi connectivity index (χ3v) is 8.94. The summed E-state index contributed by atoms with van der Waals surface area (Å²) in [4.78, 5) is 31.7. The van der Waals surface area contributed by atoms with E-state index in [1.165, 1.54) is 36.3 Å². The van der Waals surface area contributed by atoms with Crippen molar-refractivity contribution in [1.29, 1.82) is 0 Å². The van der Waals surface area contributed by atoms with Crippen LogP contribution in [-0.4, -0.2) is 38.0 Å². The van der Waals surface area contributed by atoms with Gasteiger partial charge in [-0.25, -0.2) is 9.79 Å². The average molecular weight is 704 g/mol. The fraction of sp³-hybridized carbons (Fsp3) is 0.242. The fourth-order valence-corrected chi connectivity index (χ4v) is 6.45. The van der Waals surface area contributed by atoms with Crippen LogP contribution in [0.1, 0.15) is 36.6 Å². The maximum Gasteiger partial charge on any atom is 0.337 e. The summed E-state index contributed by atoms with van der Waals surface area (Å²) in [5.41, 5.74) is 1.85. The molecule has 5 rings (SSSR count).